The van der Waals surface area contributed by atoms with E-state index >= 15 is 0 Å². The summed E-state index contributed by atoms with van der Waals surface area (Å²) in [5, 5.41) is 2.89. The van der Waals surface area contributed by atoms with Gasteiger partial charge in [-0.1, -0.05) is 18.6 Å². The number of sulfonamides is 1. The number of anilines is 1. The zero-order chi connectivity index (χ0) is 24.3. The SMILES string of the molecule is O=C(NC[C@H]1COc2ccccc2O1)c1ccc(N2CCCCC2)c(S(=O)(=O)N2CCCCC2)c1. The normalized spacial score (nSPS) is 20.9. The molecule has 9 heteroatoms. The molecule has 0 radical (unpaired) electrons. The number of para-hydroxylation sites is 2. The van der Waals surface area contributed by atoms with Gasteiger partial charge in [0, 0.05) is 31.7 Å². The fraction of sp³-hybridized carbons (Fsp3) is 0.500. The molecule has 2 saturated heterocycles. The Hall–Kier alpha value is -2.78. The van der Waals surface area contributed by atoms with Crippen molar-refractivity contribution in [2.24, 2.45) is 0 Å². The van der Waals surface area contributed by atoms with Crippen LogP contribution in [-0.4, -0.2) is 64.1 Å². The van der Waals surface area contributed by atoms with Crippen LogP contribution in [0.3, 0.4) is 0 Å². The fourth-order valence-electron chi connectivity index (χ4n) is 4.97. The van der Waals surface area contributed by atoms with Crippen LogP contribution in [-0.2, 0) is 10.0 Å². The van der Waals surface area contributed by atoms with Gasteiger partial charge in [-0.25, -0.2) is 8.42 Å². The molecule has 0 bridgehead atoms. The molecule has 1 atom stereocenters. The Balaban J connectivity index is 1.35. The number of nitrogens with one attached hydrogen (secondary N) is 1. The van der Waals surface area contributed by atoms with E-state index in [0.29, 0.717) is 42.4 Å². The maximum Gasteiger partial charge on any atom is 0.251 e. The summed E-state index contributed by atoms with van der Waals surface area (Å²) in [5.41, 5.74) is 1.03. The number of rotatable bonds is 6. The number of ether oxygens (including phenoxy) is 2. The van der Waals surface area contributed by atoms with E-state index in [0.717, 1.165) is 51.6 Å². The number of hydrogen-bond donors (Lipinski definition) is 1. The molecule has 1 N–H and O–H groups in total. The van der Waals surface area contributed by atoms with Crippen LogP contribution in [0.4, 0.5) is 5.69 Å². The molecule has 0 unspecified atom stereocenters. The molecule has 8 nitrogen and oxygen atoms in total. The molecular weight excluding hydrogens is 466 g/mol. The molecule has 3 heterocycles. The minimum Gasteiger partial charge on any atom is -0.486 e. The third-order valence-corrected chi connectivity index (χ3v) is 8.84. The minimum absolute atomic E-state index is 0.236. The van der Waals surface area contributed by atoms with E-state index in [1.807, 2.05) is 24.3 Å². The van der Waals surface area contributed by atoms with Crippen molar-refractivity contribution in [3.05, 3.63) is 48.0 Å². The van der Waals surface area contributed by atoms with Crippen molar-refractivity contribution in [1.82, 2.24) is 9.62 Å². The maximum atomic E-state index is 13.7. The van der Waals surface area contributed by atoms with Crippen LogP contribution in [0.2, 0.25) is 0 Å². The first-order valence-electron chi connectivity index (χ1n) is 12.6. The van der Waals surface area contributed by atoms with E-state index in [2.05, 4.69) is 10.2 Å². The quantitative estimate of drug-likeness (QED) is 0.655. The highest BCUT2D eigenvalue weighted by atomic mass is 32.2. The van der Waals surface area contributed by atoms with Gasteiger partial charge in [-0.2, -0.15) is 4.31 Å². The Morgan fingerprint density at radius 2 is 1.60 bits per heavy atom. The third-order valence-electron chi connectivity index (χ3n) is 6.91. The zero-order valence-electron chi connectivity index (χ0n) is 19.9. The largest absolute Gasteiger partial charge is 0.486 e. The summed E-state index contributed by atoms with van der Waals surface area (Å²) in [6, 6.07) is 12.5. The van der Waals surface area contributed by atoms with Crippen molar-refractivity contribution >= 4 is 21.6 Å². The van der Waals surface area contributed by atoms with E-state index in [4.69, 9.17) is 9.47 Å². The van der Waals surface area contributed by atoms with Crippen molar-refractivity contribution in [2.75, 3.05) is 44.2 Å². The van der Waals surface area contributed by atoms with E-state index in [1.54, 1.807) is 22.5 Å². The van der Waals surface area contributed by atoms with Gasteiger partial charge in [-0.15, -0.1) is 0 Å². The molecule has 0 aromatic heterocycles. The third kappa shape index (κ3) is 5.26. The van der Waals surface area contributed by atoms with E-state index in [-0.39, 0.29) is 23.5 Å². The highest BCUT2D eigenvalue weighted by Crippen LogP contribution is 2.33. The standard InChI is InChI=1S/C26H33N3O5S/c30-26(27-18-21-19-33-23-9-3-4-10-24(23)34-21)20-11-12-22(28-13-5-1-6-14-28)25(17-20)35(31,32)29-15-7-2-8-16-29/h3-4,9-12,17,21H,1-2,5-8,13-16,18-19H2,(H,27,30)/t21-/m0/s1. The molecule has 0 aliphatic carbocycles. The molecule has 188 valence electrons. The van der Waals surface area contributed by atoms with Gasteiger partial charge in [0.15, 0.2) is 11.5 Å². The van der Waals surface area contributed by atoms with Crippen LogP contribution in [0.1, 0.15) is 48.9 Å². The first-order chi connectivity index (χ1) is 17.0. The van der Waals surface area contributed by atoms with E-state index < -0.39 is 10.0 Å². The van der Waals surface area contributed by atoms with E-state index in [9.17, 15) is 13.2 Å². The molecule has 2 aromatic rings. The van der Waals surface area contributed by atoms with Crippen LogP contribution in [0.25, 0.3) is 0 Å². The fourth-order valence-corrected chi connectivity index (χ4v) is 6.73. The Kier molecular flexibility index (Phi) is 7.15. The summed E-state index contributed by atoms with van der Waals surface area (Å²) in [5.74, 6) is 1.02. The number of nitrogens with zero attached hydrogens (tertiary/aromatic N) is 2. The van der Waals surface area contributed by atoms with E-state index in [1.165, 1.54) is 0 Å². The lowest BCUT2D eigenvalue weighted by atomic mass is 10.1. The zero-order valence-corrected chi connectivity index (χ0v) is 20.8. The van der Waals surface area contributed by atoms with Crippen molar-refractivity contribution < 1.29 is 22.7 Å². The molecule has 3 aliphatic heterocycles. The Morgan fingerprint density at radius 1 is 0.914 bits per heavy atom. The van der Waals surface area contributed by atoms with Gasteiger partial charge >= 0.3 is 0 Å². The number of hydrogen-bond acceptors (Lipinski definition) is 6. The van der Waals surface area contributed by atoms with Crippen molar-refractivity contribution in [2.45, 2.75) is 49.5 Å². The number of piperidine rings is 2. The Labute approximate surface area is 207 Å². The Morgan fingerprint density at radius 3 is 2.34 bits per heavy atom. The lowest BCUT2D eigenvalue weighted by molar-refractivity contribution is 0.0789. The average Bonchev–Trinajstić information content (AvgIpc) is 2.92. The second kappa shape index (κ2) is 10.5. The van der Waals surface area contributed by atoms with Crippen LogP contribution < -0.4 is 19.7 Å². The topological polar surface area (TPSA) is 88.2 Å². The first kappa shape index (κ1) is 23.9. The molecule has 2 aromatic carbocycles. The molecule has 0 spiro atoms. The average molecular weight is 500 g/mol. The smallest absolute Gasteiger partial charge is 0.251 e. The molecule has 0 saturated carbocycles. The van der Waals surface area contributed by atoms with Gasteiger partial charge in [0.05, 0.1) is 12.2 Å². The number of carbonyl (C=O) groups is 1. The van der Waals surface area contributed by atoms with Crippen molar-refractivity contribution in [1.29, 1.82) is 0 Å². The minimum atomic E-state index is -3.70. The van der Waals surface area contributed by atoms with Gasteiger partial charge in [0.25, 0.3) is 5.91 Å². The Bertz CT molecular complexity index is 1160. The molecule has 2 fully saturated rings. The number of amides is 1. The van der Waals surface area contributed by atoms with Crippen LogP contribution in [0, 0.1) is 0 Å². The molecule has 35 heavy (non-hydrogen) atoms. The summed E-state index contributed by atoms with van der Waals surface area (Å²) in [7, 11) is -3.70. The molecular formula is C26H33N3O5S. The van der Waals surface area contributed by atoms with Gasteiger partial charge in [-0.05, 0) is 62.4 Å². The summed E-state index contributed by atoms with van der Waals surface area (Å²) >= 11 is 0. The number of benzene rings is 2. The predicted octanol–water partition coefficient (Wildman–Crippen LogP) is 3.42. The van der Waals surface area contributed by atoms with Crippen molar-refractivity contribution in [3.8, 4) is 11.5 Å². The monoisotopic (exact) mass is 499 g/mol. The van der Waals surface area contributed by atoms with Gasteiger partial charge in [0.2, 0.25) is 10.0 Å². The van der Waals surface area contributed by atoms with Gasteiger partial charge in [-0.3, -0.25) is 4.79 Å². The molecule has 1 amide bonds. The summed E-state index contributed by atoms with van der Waals surface area (Å²) in [6.07, 6.45) is 5.69. The lowest BCUT2D eigenvalue weighted by Gasteiger charge is -2.33. The first-order valence-corrected chi connectivity index (χ1v) is 14.0. The molecule has 3 aliphatic rings. The summed E-state index contributed by atoms with van der Waals surface area (Å²) in [4.78, 5) is 15.4. The summed E-state index contributed by atoms with van der Waals surface area (Å²) in [6.45, 7) is 3.30. The number of fused-ring (bicyclic) bond motifs is 1. The van der Waals surface area contributed by atoms with Gasteiger partial charge in [0.1, 0.15) is 17.6 Å². The highest BCUT2D eigenvalue weighted by Gasteiger charge is 2.31. The van der Waals surface area contributed by atoms with Crippen LogP contribution in [0.5, 0.6) is 11.5 Å². The maximum absolute atomic E-state index is 13.7. The lowest BCUT2D eigenvalue weighted by Crippen LogP contribution is -2.41. The molecule has 5 rings (SSSR count). The highest BCUT2D eigenvalue weighted by molar-refractivity contribution is 7.89. The second-order valence-electron chi connectivity index (χ2n) is 9.40. The number of carbonyl (C=O) groups excluding carboxylic acids is 1. The van der Waals surface area contributed by atoms with Crippen LogP contribution >= 0.6 is 0 Å². The second-order valence-corrected chi connectivity index (χ2v) is 11.3. The van der Waals surface area contributed by atoms with Crippen LogP contribution in [0.15, 0.2) is 47.4 Å². The summed E-state index contributed by atoms with van der Waals surface area (Å²) < 4.78 is 40.6. The van der Waals surface area contributed by atoms with Gasteiger partial charge < -0.3 is 19.7 Å². The van der Waals surface area contributed by atoms with Crippen molar-refractivity contribution in [3.63, 3.8) is 0 Å². The predicted molar refractivity (Wildman–Crippen MR) is 134 cm³/mol.